The molecule has 1 N–H and O–H groups in total. The minimum atomic E-state index is -3.31. The Kier molecular flexibility index (Phi) is 5.98. The molecule has 8 nitrogen and oxygen atoms in total. The van der Waals surface area contributed by atoms with Crippen LogP contribution in [0.4, 0.5) is 5.69 Å². The summed E-state index contributed by atoms with van der Waals surface area (Å²) in [6, 6.07) is 8.49. The maximum absolute atomic E-state index is 12.7. The lowest BCUT2D eigenvalue weighted by molar-refractivity contribution is -0.116. The number of nitrogens with zero attached hydrogens (tertiary/aromatic N) is 4. The standard InChI is InChI=1S/C23H25N5O3S/c1-15-21(16(2)28-23(26-15)17(13-24)14-25-28)11-12-22(29)27-18-7-9-20(10-8-18)32(30,31)19-5-3-4-6-19/h7-10,14,19H,3-6,11-12H2,1-2H3,(H,27,29). The fraction of sp³-hybridized carbons (Fsp3) is 0.391. The van der Waals surface area contributed by atoms with E-state index in [0.29, 0.717) is 28.2 Å². The van der Waals surface area contributed by atoms with E-state index in [1.165, 1.54) is 6.20 Å². The Balaban J connectivity index is 1.42. The number of nitriles is 1. The second kappa shape index (κ2) is 8.71. The molecular weight excluding hydrogens is 426 g/mol. The number of amides is 1. The van der Waals surface area contributed by atoms with Crippen LogP contribution in [0.2, 0.25) is 0 Å². The number of benzene rings is 1. The van der Waals surface area contributed by atoms with Crippen molar-refractivity contribution in [1.29, 1.82) is 5.26 Å². The molecule has 1 saturated carbocycles. The molecule has 0 aliphatic heterocycles. The Bertz CT molecular complexity index is 1310. The third-order valence-corrected chi connectivity index (χ3v) is 8.42. The Morgan fingerprint density at radius 3 is 2.56 bits per heavy atom. The van der Waals surface area contributed by atoms with Gasteiger partial charge in [0.1, 0.15) is 11.6 Å². The van der Waals surface area contributed by atoms with Crippen LogP contribution < -0.4 is 5.32 Å². The number of nitrogens with one attached hydrogen (secondary N) is 1. The van der Waals surface area contributed by atoms with Crippen LogP contribution in [-0.4, -0.2) is 34.2 Å². The fourth-order valence-electron chi connectivity index (χ4n) is 4.33. The van der Waals surface area contributed by atoms with Crippen molar-refractivity contribution in [3.8, 4) is 6.07 Å². The summed E-state index contributed by atoms with van der Waals surface area (Å²) in [4.78, 5) is 17.3. The number of rotatable bonds is 6. The highest BCUT2D eigenvalue weighted by molar-refractivity contribution is 7.92. The summed E-state index contributed by atoms with van der Waals surface area (Å²) in [6.07, 6.45) is 5.56. The Hall–Kier alpha value is -3.25. The predicted molar refractivity (Wildman–Crippen MR) is 120 cm³/mol. The van der Waals surface area contributed by atoms with Gasteiger partial charge >= 0.3 is 0 Å². The van der Waals surface area contributed by atoms with Gasteiger partial charge in [0.2, 0.25) is 5.91 Å². The number of aromatic nitrogens is 3. The van der Waals surface area contributed by atoms with Gasteiger partial charge in [-0.3, -0.25) is 4.79 Å². The highest BCUT2D eigenvalue weighted by atomic mass is 32.2. The molecule has 0 atom stereocenters. The van der Waals surface area contributed by atoms with Crippen molar-refractivity contribution in [2.75, 3.05) is 5.32 Å². The molecule has 9 heteroatoms. The van der Waals surface area contributed by atoms with Crippen molar-refractivity contribution in [1.82, 2.24) is 14.6 Å². The molecule has 1 aliphatic carbocycles. The van der Waals surface area contributed by atoms with Crippen LogP contribution in [0.15, 0.2) is 35.4 Å². The van der Waals surface area contributed by atoms with Gasteiger partial charge in [-0.15, -0.1) is 0 Å². The average molecular weight is 452 g/mol. The molecule has 166 valence electrons. The van der Waals surface area contributed by atoms with Crippen molar-refractivity contribution in [2.24, 2.45) is 0 Å². The first-order valence-electron chi connectivity index (χ1n) is 10.7. The van der Waals surface area contributed by atoms with E-state index in [4.69, 9.17) is 0 Å². The summed E-state index contributed by atoms with van der Waals surface area (Å²) in [5.74, 6) is -0.173. The molecule has 1 fully saturated rings. The average Bonchev–Trinajstić information content (AvgIpc) is 3.44. The zero-order valence-corrected chi connectivity index (χ0v) is 18.9. The zero-order valence-electron chi connectivity index (χ0n) is 18.1. The molecule has 3 aromatic rings. The minimum Gasteiger partial charge on any atom is -0.326 e. The van der Waals surface area contributed by atoms with Crippen LogP contribution in [-0.2, 0) is 21.1 Å². The van der Waals surface area contributed by atoms with Gasteiger partial charge < -0.3 is 5.32 Å². The zero-order chi connectivity index (χ0) is 22.9. The molecule has 1 aromatic carbocycles. The van der Waals surface area contributed by atoms with Gasteiger partial charge in [0, 0.05) is 23.5 Å². The molecule has 1 amide bonds. The molecule has 0 saturated heterocycles. The van der Waals surface area contributed by atoms with Crippen molar-refractivity contribution in [2.45, 2.75) is 62.5 Å². The molecule has 2 aromatic heterocycles. The number of hydrogen-bond donors (Lipinski definition) is 1. The number of anilines is 1. The molecule has 0 spiro atoms. The lowest BCUT2D eigenvalue weighted by Gasteiger charge is -2.13. The number of sulfone groups is 1. The Labute approximate surface area is 187 Å². The highest BCUT2D eigenvalue weighted by Gasteiger charge is 2.30. The minimum absolute atomic E-state index is 0.173. The Morgan fingerprint density at radius 2 is 1.91 bits per heavy atom. The summed E-state index contributed by atoms with van der Waals surface area (Å²) in [7, 11) is -3.31. The molecular formula is C23H25N5O3S. The summed E-state index contributed by atoms with van der Waals surface area (Å²) < 4.78 is 27.0. The lowest BCUT2D eigenvalue weighted by atomic mass is 10.1. The topological polar surface area (TPSA) is 117 Å². The van der Waals surface area contributed by atoms with Crippen molar-refractivity contribution in [3.05, 3.63) is 53.0 Å². The molecule has 0 unspecified atom stereocenters. The van der Waals surface area contributed by atoms with Crippen LogP contribution in [0.5, 0.6) is 0 Å². The first-order chi connectivity index (χ1) is 15.3. The van der Waals surface area contributed by atoms with Crippen LogP contribution in [0.3, 0.4) is 0 Å². The van der Waals surface area contributed by atoms with E-state index in [1.54, 1.807) is 28.8 Å². The first kappa shape index (κ1) is 22.0. The van der Waals surface area contributed by atoms with Crippen molar-refractivity contribution in [3.63, 3.8) is 0 Å². The van der Waals surface area contributed by atoms with Gasteiger partial charge in [0.25, 0.3) is 0 Å². The van der Waals surface area contributed by atoms with E-state index in [9.17, 15) is 18.5 Å². The third kappa shape index (κ3) is 4.10. The second-order valence-electron chi connectivity index (χ2n) is 8.19. The SMILES string of the molecule is Cc1nc2c(C#N)cnn2c(C)c1CCC(=O)Nc1ccc(S(=O)(=O)C2CCCC2)cc1. The van der Waals surface area contributed by atoms with Crippen molar-refractivity contribution < 1.29 is 13.2 Å². The van der Waals surface area contributed by atoms with E-state index in [1.807, 2.05) is 13.8 Å². The van der Waals surface area contributed by atoms with Gasteiger partial charge in [-0.25, -0.2) is 17.9 Å². The predicted octanol–water partition coefficient (Wildman–Crippen LogP) is 3.51. The van der Waals surface area contributed by atoms with Gasteiger partial charge in [-0.1, -0.05) is 12.8 Å². The third-order valence-electron chi connectivity index (χ3n) is 6.14. The maximum atomic E-state index is 12.7. The van der Waals surface area contributed by atoms with Crippen LogP contribution in [0, 0.1) is 25.2 Å². The van der Waals surface area contributed by atoms with E-state index in [0.717, 1.165) is 42.6 Å². The van der Waals surface area contributed by atoms with E-state index in [-0.39, 0.29) is 17.6 Å². The van der Waals surface area contributed by atoms with E-state index in [2.05, 4.69) is 21.5 Å². The first-order valence-corrected chi connectivity index (χ1v) is 12.2. The second-order valence-corrected chi connectivity index (χ2v) is 10.4. The number of hydrogen-bond acceptors (Lipinski definition) is 6. The smallest absolute Gasteiger partial charge is 0.224 e. The molecule has 32 heavy (non-hydrogen) atoms. The van der Waals surface area contributed by atoms with Gasteiger partial charge in [-0.05, 0) is 62.9 Å². The summed E-state index contributed by atoms with van der Waals surface area (Å²) >= 11 is 0. The number of carbonyl (C=O) groups excluding carboxylic acids is 1. The molecule has 4 rings (SSSR count). The largest absolute Gasteiger partial charge is 0.326 e. The van der Waals surface area contributed by atoms with Crippen molar-refractivity contribution >= 4 is 27.1 Å². The normalized spacial score (nSPS) is 14.5. The number of fused-ring (bicyclic) bond motifs is 1. The molecule has 1 aliphatic rings. The van der Waals surface area contributed by atoms with Gasteiger partial charge in [0.05, 0.1) is 16.3 Å². The van der Waals surface area contributed by atoms with E-state index < -0.39 is 9.84 Å². The molecule has 2 heterocycles. The maximum Gasteiger partial charge on any atom is 0.224 e. The van der Waals surface area contributed by atoms with Crippen LogP contribution in [0.1, 0.15) is 54.6 Å². The summed E-state index contributed by atoms with van der Waals surface area (Å²) in [5, 5.41) is 15.9. The monoisotopic (exact) mass is 451 g/mol. The van der Waals surface area contributed by atoms with Crippen LogP contribution in [0.25, 0.3) is 5.65 Å². The summed E-state index contributed by atoms with van der Waals surface area (Å²) in [5.41, 5.74) is 4.03. The molecule has 0 bridgehead atoms. The van der Waals surface area contributed by atoms with E-state index >= 15 is 0 Å². The number of aryl methyl sites for hydroxylation is 2. The highest BCUT2D eigenvalue weighted by Crippen LogP contribution is 2.30. The quantitative estimate of drug-likeness (QED) is 0.613. The van der Waals surface area contributed by atoms with Gasteiger partial charge in [-0.2, -0.15) is 10.4 Å². The Morgan fingerprint density at radius 1 is 1.22 bits per heavy atom. The van der Waals surface area contributed by atoms with Crippen LogP contribution >= 0.6 is 0 Å². The summed E-state index contributed by atoms with van der Waals surface area (Å²) in [6.45, 7) is 3.75. The fourth-order valence-corrected chi connectivity index (χ4v) is 6.19. The molecule has 0 radical (unpaired) electrons. The lowest BCUT2D eigenvalue weighted by Crippen LogP contribution is -2.18. The van der Waals surface area contributed by atoms with Gasteiger partial charge in [0.15, 0.2) is 15.5 Å². The number of carbonyl (C=O) groups is 1.